The molecule has 1 aliphatic carbocycles. The van der Waals surface area contributed by atoms with Crippen molar-refractivity contribution in [2.75, 3.05) is 17.2 Å². The van der Waals surface area contributed by atoms with Crippen molar-refractivity contribution in [2.45, 2.75) is 25.3 Å². The molecule has 1 aromatic heterocycles. The standard InChI is InChI=1S/C15H16ClFN4/c16-13-9-14(20-15(18)19-13)21(12-4-5-12)7-6-10-2-1-3-11(17)8-10/h1-3,8-9,12H,4-7H2,(H2,18,19,20). The fourth-order valence-corrected chi connectivity index (χ4v) is 2.57. The van der Waals surface area contributed by atoms with Gasteiger partial charge in [0.25, 0.3) is 0 Å². The molecule has 0 radical (unpaired) electrons. The maximum absolute atomic E-state index is 13.2. The Balaban J connectivity index is 1.76. The van der Waals surface area contributed by atoms with Gasteiger partial charge in [-0.2, -0.15) is 4.98 Å². The van der Waals surface area contributed by atoms with Gasteiger partial charge in [-0.05, 0) is 37.0 Å². The van der Waals surface area contributed by atoms with E-state index in [1.165, 1.54) is 6.07 Å². The van der Waals surface area contributed by atoms with Crippen LogP contribution < -0.4 is 10.6 Å². The van der Waals surface area contributed by atoms with Crippen LogP contribution in [-0.2, 0) is 6.42 Å². The lowest BCUT2D eigenvalue weighted by atomic mass is 10.1. The predicted octanol–water partition coefficient (Wildman–Crippen LogP) is 3.06. The normalized spacial score (nSPS) is 14.2. The highest BCUT2D eigenvalue weighted by Crippen LogP contribution is 2.31. The summed E-state index contributed by atoms with van der Waals surface area (Å²) < 4.78 is 13.2. The molecular formula is C15H16ClFN4. The quantitative estimate of drug-likeness (QED) is 0.863. The van der Waals surface area contributed by atoms with Crippen LogP contribution in [0.1, 0.15) is 18.4 Å². The third-order valence-corrected chi connectivity index (χ3v) is 3.70. The first-order valence-corrected chi connectivity index (χ1v) is 7.31. The molecule has 3 rings (SSSR count). The fraction of sp³-hybridized carbons (Fsp3) is 0.333. The van der Waals surface area contributed by atoms with E-state index >= 15 is 0 Å². The Bertz CT molecular complexity index is 625. The summed E-state index contributed by atoms with van der Waals surface area (Å²) in [5, 5.41) is 0.342. The van der Waals surface area contributed by atoms with Gasteiger partial charge in [-0.15, -0.1) is 0 Å². The Kier molecular flexibility index (Phi) is 3.92. The number of aromatic nitrogens is 2. The van der Waals surface area contributed by atoms with Gasteiger partial charge in [-0.3, -0.25) is 0 Å². The highest BCUT2D eigenvalue weighted by Gasteiger charge is 2.30. The fourth-order valence-electron chi connectivity index (χ4n) is 2.38. The number of hydrogen-bond acceptors (Lipinski definition) is 4. The molecule has 0 aliphatic heterocycles. The molecule has 2 aromatic rings. The van der Waals surface area contributed by atoms with Crippen LogP contribution in [0.2, 0.25) is 5.15 Å². The topological polar surface area (TPSA) is 55.0 Å². The zero-order valence-electron chi connectivity index (χ0n) is 11.5. The Morgan fingerprint density at radius 2 is 2.10 bits per heavy atom. The van der Waals surface area contributed by atoms with E-state index in [4.69, 9.17) is 17.3 Å². The van der Waals surface area contributed by atoms with Crippen LogP contribution in [0.5, 0.6) is 0 Å². The minimum Gasteiger partial charge on any atom is -0.368 e. The van der Waals surface area contributed by atoms with Crippen LogP contribution in [0, 0.1) is 5.82 Å². The minimum atomic E-state index is -0.209. The molecule has 0 spiro atoms. The molecule has 2 N–H and O–H groups in total. The number of halogens is 2. The lowest BCUT2D eigenvalue weighted by molar-refractivity contribution is 0.624. The Hall–Kier alpha value is -1.88. The number of nitrogens with zero attached hydrogens (tertiary/aromatic N) is 3. The second-order valence-corrected chi connectivity index (χ2v) is 5.60. The van der Waals surface area contributed by atoms with Crippen LogP contribution in [0.4, 0.5) is 16.2 Å². The molecular weight excluding hydrogens is 291 g/mol. The smallest absolute Gasteiger partial charge is 0.223 e. The zero-order chi connectivity index (χ0) is 14.8. The van der Waals surface area contributed by atoms with Crippen LogP contribution in [0.25, 0.3) is 0 Å². The van der Waals surface area contributed by atoms with Crippen molar-refractivity contribution in [3.8, 4) is 0 Å². The van der Waals surface area contributed by atoms with Crippen LogP contribution in [0.3, 0.4) is 0 Å². The van der Waals surface area contributed by atoms with E-state index in [0.717, 1.165) is 37.2 Å². The molecule has 0 atom stereocenters. The monoisotopic (exact) mass is 306 g/mol. The van der Waals surface area contributed by atoms with Gasteiger partial charge in [-0.1, -0.05) is 23.7 Å². The molecule has 4 nitrogen and oxygen atoms in total. The molecule has 0 saturated heterocycles. The molecule has 21 heavy (non-hydrogen) atoms. The van der Waals surface area contributed by atoms with Crippen molar-refractivity contribution in [1.29, 1.82) is 0 Å². The number of hydrogen-bond donors (Lipinski definition) is 1. The van der Waals surface area contributed by atoms with E-state index in [0.29, 0.717) is 11.2 Å². The average Bonchev–Trinajstić information content (AvgIpc) is 3.22. The summed E-state index contributed by atoms with van der Waals surface area (Å²) in [4.78, 5) is 10.3. The highest BCUT2D eigenvalue weighted by atomic mass is 35.5. The lowest BCUT2D eigenvalue weighted by Crippen LogP contribution is -2.29. The minimum absolute atomic E-state index is 0.175. The molecule has 1 aliphatic rings. The second kappa shape index (κ2) is 5.85. The molecule has 6 heteroatoms. The summed E-state index contributed by atoms with van der Waals surface area (Å²) in [6.07, 6.45) is 3.01. The summed E-state index contributed by atoms with van der Waals surface area (Å²) in [5.74, 6) is 0.708. The molecule has 1 aromatic carbocycles. The predicted molar refractivity (Wildman–Crippen MR) is 81.9 cm³/mol. The van der Waals surface area contributed by atoms with Crippen LogP contribution >= 0.6 is 11.6 Å². The van der Waals surface area contributed by atoms with Gasteiger partial charge in [0.15, 0.2) is 0 Å². The Labute approximate surface area is 127 Å². The second-order valence-electron chi connectivity index (χ2n) is 5.21. The van der Waals surface area contributed by atoms with Crippen molar-refractivity contribution in [2.24, 2.45) is 0 Å². The van der Waals surface area contributed by atoms with E-state index < -0.39 is 0 Å². The summed E-state index contributed by atoms with van der Waals surface area (Å²) in [5.41, 5.74) is 6.63. The Morgan fingerprint density at radius 3 is 2.76 bits per heavy atom. The zero-order valence-corrected chi connectivity index (χ0v) is 12.2. The van der Waals surface area contributed by atoms with E-state index in [1.54, 1.807) is 18.2 Å². The van der Waals surface area contributed by atoms with Gasteiger partial charge in [0.2, 0.25) is 5.95 Å². The first kappa shape index (κ1) is 14.1. The van der Waals surface area contributed by atoms with E-state index in [9.17, 15) is 4.39 Å². The summed E-state index contributed by atoms with van der Waals surface area (Å²) in [7, 11) is 0. The maximum Gasteiger partial charge on any atom is 0.223 e. The van der Waals surface area contributed by atoms with Gasteiger partial charge in [-0.25, -0.2) is 9.37 Å². The van der Waals surface area contributed by atoms with Crippen molar-refractivity contribution in [1.82, 2.24) is 9.97 Å². The van der Waals surface area contributed by atoms with Crippen molar-refractivity contribution in [3.05, 3.63) is 46.9 Å². The third-order valence-electron chi connectivity index (χ3n) is 3.51. The molecule has 1 heterocycles. The van der Waals surface area contributed by atoms with Crippen LogP contribution in [0.15, 0.2) is 30.3 Å². The Morgan fingerprint density at radius 1 is 1.29 bits per heavy atom. The molecule has 0 amide bonds. The SMILES string of the molecule is Nc1nc(Cl)cc(N(CCc2cccc(F)c2)C2CC2)n1. The van der Waals surface area contributed by atoms with Crippen molar-refractivity contribution in [3.63, 3.8) is 0 Å². The first-order valence-electron chi connectivity index (χ1n) is 6.93. The first-order chi connectivity index (χ1) is 10.1. The molecule has 110 valence electrons. The van der Waals surface area contributed by atoms with Gasteiger partial charge in [0, 0.05) is 18.7 Å². The number of anilines is 2. The number of nitrogens with two attached hydrogens (primary N) is 1. The van der Waals surface area contributed by atoms with Gasteiger partial charge >= 0.3 is 0 Å². The molecule has 0 bridgehead atoms. The van der Waals surface area contributed by atoms with Gasteiger partial charge in [0.05, 0.1) is 0 Å². The van der Waals surface area contributed by atoms with Gasteiger partial charge < -0.3 is 10.6 Å². The van der Waals surface area contributed by atoms with E-state index in [-0.39, 0.29) is 11.8 Å². The third kappa shape index (κ3) is 3.61. The van der Waals surface area contributed by atoms with E-state index in [2.05, 4.69) is 14.9 Å². The highest BCUT2D eigenvalue weighted by molar-refractivity contribution is 6.29. The molecule has 1 fully saturated rings. The van der Waals surface area contributed by atoms with Gasteiger partial charge in [0.1, 0.15) is 16.8 Å². The lowest BCUT2D eigenvalue weighted by Gasteiger charge is -2.23. The summed E-state index contributed by atoms with van der Waals surface area (Å²) in [6, 6.07) is 8.85. The number of benzene rings is 1. The largest absolute Gasteiger partial charge is 0.368 e. The number of nitrogen functional groups attached to an aromatic ring is 1. The summed E-state index contributed by atoms with van der Waals surface area (Å²) >= 11 is 5.95. The average molecular weight is 307 g/mol. The molecule has 1 saturated carbocycles. The van der Waals surface area contributed by atoms with Crippen molar-refractivity contribution < 1.29 is 4.39 Å². The summed E-state index contributed by atoms with van der Waals surface area (Å²) in [6.45, 7) is 0.751. The number of rotatable bonds is 5. The van der Waals surface area contributed by atoms with E-state index in [1.807, 2.05) is 6.07 Å². The van der Waals surface area contributed by atoms with Crippen molar-refractivity contribution >= 4 is 23.4 Å². The molecule has 0 unspecified atom stereocenters. The van der Waals surface area contributed by atoms with Crippen LogP contribution in [-0.4, -0.2) is 22.6 Å². The maximum atomic E-state index is 13.2.